The Balaban J connectivity index is 2.33. The molecule has 2 rings (SSSR count). The van der Waals surface area contributed by atoms with E-state index in [-0.39, 0.29) is 0 Å². The van der Waals surface area contributed by atoms with Gasteiger partial charge in [-0.1, -0.05) is 6.92 Å². The Hall–Kier alpha value is -1.62. The molecule has 0 saturated heterocycles. The predicted molar refractivity (Wildman–Crippen MR) is 74.0 cm³/mol. The molecule has 0 aromatic carbocycles. The van der Waals surface area contributed by atoms with E-state index in [1.807, 2.05) is 30.3 Å². The Morgan fingerprint density at radius 3 is 2.47 bits per heavy atom. The van der Waals surface area contributed by atoms with Crippen LogP contribution in [-0.4, -0.2) is 24.7 Å². The Morgan fingerprint density at radius 2 is 2.00 bits per heavy atom. The summed E-state index contributed by atoms with van der Waals surface area (Å²) in [4.78, 5) is 0. The number of aliphatic hydroxyl groups excluding tert-OH is 1. The first-order chi connectivity index (χ1) is 8.93. The average molecular weight is 262 g/mol. The van der Waals surface area contributed by atoms with E-state index in [0.29, 0.717) is 6.54 Å². The van der Waals surface area contributed by atoms with Crippen molar-refractivity contribution in [2.45, 2.75) is 46.8 Å². The van der Waals surface area contributed by atoms with E-state index in [0.717, 1.165) is 34.8 Å². The van der Waals surface area contributed by atoms with Gasteiger partial charge in [0.2, 0.25) is 0 Å². The molecule has 1 N–H and O–H groups in total. The monoisotopic (exact) mass is 262 g/mol. The molecule has 0 radical (unpaired) electrons. The fourth-order valence-corrected chi connectivity index (χ4v) is 2.52. The molecule has 0 fully saturated rings. The van der Waals surface area contributed by atoms with Crippen molar-refractivity contribution in [1.29, 1.82) is 0 Å². The van der Waals surface area contributed by atoms with Crippen LogP contribution in [0.3, 0.4) is 0 Å². The Bertz CT molecular complexity index is 581. The number of aliphatic hydroxyl groups is 1. The van der Waals surface area contributed by atoms with Crippen molar-refractivity contribution in [2.24, 2.45) is 7.05 Å². The van der Waals surface area contributed by atoms with Crippen molar-refractivity contribution < 1.29 is 5.11 Å². The highest BCUT2D eigenvalue weighted by Gasteiger charge is 2.16. The van der Waals surface area contributed by atoms with Gasteiger partial charge in [-0.2, -0.15) is 10.2 Å². The minimum atomic E-state index is -0.480. The summed E-state index contributed by atoms with van der Waals surface area (Å²) >= 11 is 0. The van der Waals surface area contributed by atoms with Gasteiger partial charge in [-0.15, -0.1) is 0 Å². The van der Waals surface area contributed by atoms with Gasteiger partial charge in [0.1, 0.15) is 0 Å². The lowest BCUT2D eigenvalue weighted by molar-refractivity contribution is 0.197. The van der Waals surface area contributed by atoms with Crippen LogP contribution in [0, 0.1) is 13.8 Å². The molecule has 5 nitrogen and oxygen atoms in total. The molecule has 2 aromatic heterocycles. The lowest BCUT2D eigenvalue weighted by Crippen LogP contribution is -2.08. The Kier molecular flexibility index (Phi) is 3.75. The molecule has 0 spiro atoms. The predicted octanol–water partition coefficient (Wildman–Crippen LogP) is 1.90. The molecule has 0 aliphatic heterocycles. The van der Waals surface area contributed by atoms with Crippen molar-refractivity contribution in [1.82, 2.24) is 19.6 Å². The second-order valence-corrected chi connectivity index (χ2v) is 5.02. The highest BCUT2D eigenvalue weighted by Crippen LogP contribution is 2.21. The fourth-order valence-electron chi connectivity index (χ4n) is 2.52. The minimum Gasteiger partial charge on any atom is -0.389 e. The Labute approximate surface area is 113 Å². The minimum absolute atomic E-state index is 0.480. The number of aryl methyl sites for hydroxylation is 3. The van der Waals surface area contributed by atoms with Gasteiger partial charge in [-0.3, -0.25) is 9.36 Å². The quantitative estimate of drug-likeness (QED) is 0.915. The summed E-state index contributed by atoms with van der Waals surface area (Å²) in [6.45, 7) is 8.50. The molecule has 5 heteroatoms. The third-order valence-electron chi connectivity index (χ3n) is 3.56. The summed E-state index contributed by atoms with van der Waals surface area (Å²) in [5.41, 5.74) is 5.06. The molecule has 104 valence electrons. The SMILES string of the molecule is CCc1cc(Cn2nc(C)c(C(C)O)c2C)n(C)n1. The molecule has 0 aliphatic rings. The van der Waals surface area contributed by atoms with Crippen molar-refractivity contribution in [3.05, 3.63) is 34.4 Å². The zero-order valence-electron chi connectivity index (χ0n) is 12.3. The van der Waals surface area contributed by atoms with Crippen molar-refractivity contribution in [2.75, 3.05) is 0 Å². The van der Waals surface area contributed by atoms with Gasteiger partial charge in [0.15, 0.2) is 0 Å². The van der Waals surface area contributed by atoms with Crippen LogP contribution in [0.25, 0.3) is 0 Å². The fraction of sp³-hybridized carbons (Fsp3) is 0.571. The van der Waals surface area contributed by atoms with Crippen molar-refractivity contribution in [3.63, 3.8) is 0 Å². The van der Waals surface area contributed by atoms with Crippen LogP contribution >= 0.6 is 0 Å². The topological polar surface area (TPSA) is 55.9 Å². The van der Waals surface area contributed by atoms with Crippen LogP contribution in [0.5, 0.6) is 0 Å². The first kappa shape index (κ1) is 13.8. The highest BCUT2D eigenvalue weighted by atomic mass is 16.3. The molecular formula is C14H22N4O. The first-order valence-electron chi connectivity index (χ1n) is 6.67. The molecule has 0 amide bonds. The highest BCUT2D eigenvalue weighted by molar-refractivity contribution is 5.27. The first-order valence-corrected chi connectivity index (χ1v) is 6.67. The number of hydrogen-bond donors (Lipinski definition) is 1. The van der Waals surface area contributed by atoms with Crippen LogP contribution < -0.4 is 0 Å². The third-order valence-corrected chi connectivity index (χ3v) is 3.56. The maximum absolute atomic E-state index is 9.79. The normalized spacial score (nSPS) is 12.9. The maximum Gasteiger partial charge on any atom is 0.0831 e. The molecule has 1 unspecified atom stereocenters. The third kappa shape index (κ3) is 2.56. The maximum atomic E-state index is 9.79. The molecule has 0 saturated carbocycles. The van der Waals surface area contributed by atoms with E-state index < -0.39 is 6.10 Å². The molecule has 0 bridgehead atoms. The van der Waals surface area contributed by atoms with Crippen LogP contribution in [0.1, 0.15) is 48.3 Å². The molecule has 2 heterocycles. The number of aromatic nitrogens is 4. The van der Waals surface area contributed by atoms with Gasteiger partial charge in [0, 0.05) is 18.3 Å². The van der Waals surface area contributed by atoms with E-state index in [2.05, 4.69) is 23.2 Å². The average Bonchev–Trinajstić information content (AvgIpc) is 2.81. The van der Waals surface area contributed by atoms with Gasteiger partial charge in [0.05, 0.1) is 29.7 Å². The molecule has 0 aliphatic carbocycles. The van der Waals surface area contributed by atoms with Gasteiger partial charge in [-0.05, 0) is 33.3 Å². The second kappa shape index (κ2) is 5.17. The second-order valence-electron chi connectivity index (χ2n) is 5.02. The van der Waals surface area contributed by atoms with Crippen molar-refractivity contribution >= 4 is 0 Å². The summed E-state index contributed by atoms with van der Waals surface area (Å²) in [5, 5.41) is 18.8. The lowest BCUT2D eigenvalue weighted by Gasteiger charge is -2.07. The van der Waals surface area contributed by atoms with E-state index >= 15 is 0 Å². The molecule has 19 heavy (non-hydrogen) atoms. The van der Waals surface area contributed by atoms with Crippen molar-refractivity contribution in [3.8, 4) is 0 Å². The van der Waals surface area contributed by atoms with Crippen LogP contribution in [-0.2, 0) is 20.0 Å². The van der Waals surface area contributed by atoms with E-state index in [4.69, 9.17) is 0 Å². The van der Waals surface area contributed by atoms with Crippen LogP contribution in [0.2, 0.25) is 0 Å². The molecule has 2 aromatic rings. The van der Waals surface area contributed by atoms with E-state index in [1.165, 1.54) is 0 Å². The van der Waals surface area contributed by atoms with Gasteiger partial charge in [-0.25, -0.2) is 0 Å². The van der Waals surface area contributed by atoms with Gasteiger partial charge in [0.25, 0.3) is 0 Å². The summed E-state index contributed by atoms with van der Waals surface area (Å²) in [7, 11) is 1.95. The summed E-state index contributed by atoms with van der Waals surface area (Å²) in [5.74, 6) is 0. The van der Waals surface area contributed by atoms with Gasteiger partial charge >= 0.3 is 0 Å². The zero-order valence-corrected chi connectivity index (χ0v) is 12.3. The van der Waals surface area contributed by atoms with Crippen LogP contribution in [0.15, 0.2) is 6.07 Å². The number of hydrogen-bond acceptors (Lipinski definition) is 3. The largest absolute Gasteiger partial charge is 0.389 e. The smallest absolute Gasteiger partial charge is 0.0831 e. The summed E-state index contributed by atoms with van der Waals surface area (Å²) in [6, 6.07) is 2.11. The standard InChI is InChI=1S/C14H22N4O/c1-6-12-7-13(17(5)16-12)8-18-10(3)14(11(4)19)9(2)15-18/h7,11,19H,6,8H2,1-5H3. The summed E-state index contributed by atoms with van der Waals surface area (Å²) < 4.78 is 3.84. The van der Waals surface area contributed by atoms with E-state index in [9.17, 15) is 5.11 Å². The summed E-state index contributed by atoms with van der Waals surface area (Å²) in [6.07, 6.45) is 0.454. The number of rotatable bonds is 4. The molecule has 1 atom stereocenters. The number of nitrogens with zero attached hydrogens (tertiary/aromatic N) is 4. The van der Waals surface area contributed by atoms with E-state index in [1.54, 1.807) is 6.92 Å². The van der Waals surface area contributed by atoms with Gasteiger partial charge < -0.3 is 5.11 Å². The lowest BCUT2D eigenvalue weighted by atomic mass is 10.1. The Morgan fingerprint density at radius 1 is 1.32 bits per heavy atom. The zero-order chi connectivity index (χ0) is 14.2. The van der Waals surface area contributed by atoms with Crippen LogP contribution in [0.4, 0.5) is 0 Å². The molecular weight excluding hydrogens is 240 g/mol.